The van der Waals surface area contributed by atoms with Gasteiger partial charge in [-0.05, 0) is 31.5 Å². The van der Waals surface area contributed by atoms with Crippen LogP contribution in [0.25, 0.3) is 0 Å². The molecule has 0 aliphatic carbocycles. The number of nitrogens with one attached hydrogen (secondary N) is 2. The zero-order valence-corrected chi connectivity index (χ0v) is 10.2. The van der Waals surface area contributed by atoms with Gasteiger partial charge in [-0.15, -0.1) is 0 Å². The Morgan fingerprint density at radius 1 is 1.53 bits per heavy atom. The fourth-order valence-corrected chi connectivity index (χ4v) is 1.44. The summed E-state index contributed by atoms with van der Waals surface area (Å²) in [6, 6.07) is 9.20. The number of nitriles is 1. The first-order chi connectivity index (χ1) is 8.17. The molecule has 1 atom stereocenters. The molecule has 1 amide bonds. The fourth-order valence-electron chi connectivity index (χ4n) is 1.44. The number of likely N-dealkylation sites (N-methyl/N-ethyl adjacent to an activating group) is 1. The van der Waals surface area contributed by atoms with Gasteiger partial charge < -0.3 is 10.6 Å². The highest BCUT2D eigenvalue weighted by Gasteiger charge is 2.10. The molecule has 1 aromatic rings. The third-order valence-electron chi connectivity index (χ3n) is 2.41. The van der Waals surface area contributed by atoms with Crippen molar-refractivity contribution in [3.63, 3.8) is 0 Å². The lowest BCUT2D eigenvalue weighted by Gasteiger charge is -2.13. The van der Waals surface area contributed by atoms with Crippen molar-refractivity contribution in [1.29, 1.82) is 5.26 Å². The van der Waals surface area contributed by atoms with Crippen LogP contribution < -0.4 is 10.6 Å². The van der Waals surface area contributed by atoms with E-state index in [2.05, 4.69) is 16.7 Å². The van der Waals surface area contributed by atoms with Gasteiger partial charge in [-0.3, -0.25) is 4.79 Å². The summed E-state index contributed by atoms with van der Waals surface area (Å²) in [5.74, 6) is -0.0102. The second-order valence-electron chi connectivity index (χ2n) is 3.81. The maximum atomic E-state index is 11.5. The van der Waals surface area contributed by atoms with E-state index < -0.39 is 0 Å². The minimum absolute atomic E-state index is 0.0102. The Hall–Kier alpha value is -1.86. The summed E-state index contributed by atoms with van der Waals surface area (Å²) < 4.78 is 0. The quantitative estimate of drug-likeness (QED) is 0.799. The molecule has 17 heavy (non-hydrogen) atoms. The van der Waals surface area contributed by atoms with Gasteiger partial charge in [-0.2, -0.15) is 5.26 Å². The number of rotatable bonds is 5. The summed E-state index contributed by atoms with van der Waals surface area (Å²) in [6.07, 6.45) is 0. The molecule has 0 saturated carbocycles. The Bertz CT molecular complexity index is 423. The van der Waals surface area contributed by atoms with Crippen LogP contribution in [0.5, 0.6) is 0 Å². The van der Waals surface area contributed by atoms with E-state index >= 15 is 0 Å². The van der Waals surface area contributed by atoms with Gasteiger partial charge >= 0.3 is 0 Å². The Kier molecular flexibility index (Phi) is 5.18. The van der Waals surface area contributed by atoms with E-state index in [9.17, 15) is 4.79 Å². The van der Waals surface area contributed by atoms with Crippen LogP contribution in [0, 0.1) is 11.3 Å². The van der Waals surface area contributed by atoms with E-state index in [1.54, 1.807) is 6.07 Å². The summed E-state index contributed by atoms with van der Waals surface area (Å²) in [5.41, 5.74) is 1.63. The maximum absolute atomic E-state index is 11.5. The summed E-state index contributed by atoms with van der Waals surface area (Å²) in [6.45, 7) is 4.92. The van der Waals surface area contributed by atoms with E-state index in [4.69, 9.17) is 5.26 Å². The zero-order valence-electron chi connectivity index (χ0n) is 10.2. The molecular formula is C13H17N3O. The third-order valence-corrected chi connectivity index (χ3v) is 2.41. The van der Waals surface area contributed by atoms with Crippen molar-refractivity contribution in [2.75, 3.05) is 6.54 Å². The Morgan fingerprint density at radius 3 is 2.94 bits per heavy atom. The molecule has 0 bridgehead atoms. The van der Waals surface area contributed by atoms with E-state index in [0.29, 0.717) is 18.7 Å². The first-order valence-electron chi connectivity index (χ1n) is 5.67. The van der Waals surface area contributed by atoms with Gasteiger partial charge in [0.25, 0.3) is 0 Å². The fraction of sp³-hybridized carbons (Fsp3) is 0.385. The van der Waals surface area contributed by atoms with Gasteiger partial charge in [-0.25, -0.2) is 0 Å². The van der Waals surface area contributed by atoms with Crippen LogP contribution in [0.2, 0.25) is 0 Å². The molecule has 90 valence electrons. The largest absolute Gasteiger partial charge is 0.355 e. The second kappa shape index (κ2) is 6.66. The molecule has 0 aliphatic rings. The van der Waals surface area contributed by atoms with Gasteiger partial charge in [0.1, 0.15) is 0 Å². The zero-order chi connectivity index (χ0) is 12.7. The molecule has 0 fully saturated rings. The SMILES string of the molecule is CCNC(=O)C(C)NCc1cccc(C#N)c1. The molecule has 0 heterocycles. The minimum Gasteiger partial charge on any atom is -0.355 e. The molecule has 0 aliphatic heterocycles. The van der Waals surface area contributed by atoms with Crippen molar-refractivity contribution >= 4 is 5.91 Å². The van der Waals surface area contributed by atoms with E-state index in [1.807, 2.05) is 32.0 Å². The van der Waals surface area contributed by atoms with Gasteiger partial charge in [0, 0.05) is 13.1 Å². The Balaban J connectivity index is 2.50. The highest BCUT2D eigenvalue weighted by molar-refractivity contribution is 5.81. The van der Waals surface area contributed by atoms with E-state index in [0.717, 1.165) is 5.56 Å². The van der Waals surface area contributed by atoms with Crippen molar-refractivity contribution in [2.24, 2.45) is 0 Å². The molecule has 0 spiro atoms. The Morgan fingerprint density at radius 2 is 2.29 bits per heavy atom. The van der Waals surface area contributed by atoms with Gasteiger partial charge in [0.15, 0.2) is 0 Å². The molecule has 0 saturated heterocycles. The molecule has 4 heteroatoms. The van der Waals surface area contributed by atoms with Crippen LogP contribution in [0.3, 0.4) is 0 Å². The lowest BCUT2D eigenvalue weighted by molar-refractivity contribution is -0.122. The molecule has 0 radical (unpaired) electrons. The molecule has 4 nitrogen and oxygen atoms in total. The summed E-state index contributed by atoms with van der Waals surface area (Å²) >= 11 is 0. The van der Waals surface area contributed by atoms with E-state index in [-0.39, 0.29) is 11.9 Å². The van der Waals surface area contributed by atoms with Crippen LogP contribution in [0.1, 0.15) is 25.0 Å². The van der Waals surface area contributed by atoms with Gasteiger partial charge in [-0.1, -0.05) is 12.1 Å². The van der Waals surface area contributed by atoms with Crippen molar-refractivity contribution in [3.05, 3.63) is 35.4 Å². The average Bonchev–Trinajstić information content (AvgIpc) is 2.36. The van der Waals surface area contributed by atoms with Crippen molar-refractivity contribution < 1.29 is 4.79 Å². The molecule has 1 rings (SSSR count). The number of carbonyl (C=O) groups excluding carboxylic acids is 1. The monoisotopic (exact) mass is 231 g/mol. The number of hydrogen-bond acceptors (Lipinski definition) is 3. The predicted octanol–water partition coefficient (Wildman–Crippen LogP) is 1.17. The normalized spacial score (nSPS) is 11.6. The van der Waals surface area contributed by atoms with Gasteiger partial charge in [0.05, 0.1) is 17.7 Å². The third kappa shape index (κ3) is 4.25. The van der Waals surface area contributed by atoms with Crippen LogP contribution in [0.4, 0.5) is 0 Å². The molecule has 2 N–H and O–H groups in total. The second-order valence-corrected chi connectivity index (χ2v) is 3.81. The van der Waals surface area contributed by atoms with Crippen LogP contribution >= 0.6 is 0 Å². The topological polar surface area (TPSA) is 64.9 Å². The van der Waals surface area contributed by atoms with Crippen molar-refractivity contribution in [3.8, 4) is 6.07 Å². The lowest BCUT2D eigenvalue weighted by atomic mass is 10.1. The highest BCUT2D eigenvalue weighted by Crippen LogP contribution is 2.03. The van der Waals surface area contributed by atoms with Crippen LogP contribution in [-0.4, -0.2) is 18.5 Å². The number of carbonyl (C=O) groups is 1. The van der Waals surface area contributed by atoms with Crippen molar-refractivity contribution in [1.82, 2.24) is 10.6 Å². The minimum atomic E-state index is -0.235. The molecule has 1 aromatic carbocycles. The Labute approximate surface area is 102 Å². The first-order valence-corrected chi connectivity index (χ1v) is 5.67. The van der Waals surface area contributed by atoms with Crippen LogP contribution in [0.15, 0.2) is 24.3 Å². The molecule has 1 unspecified atom stereocenters. The van der Waals surface area contributed by atoms with Crippen LogP contribution in [-0.2, 0) is 11.3 Å². The summed E-state index contributed by atoms with van der Waals surface area (Å²) in [4.78, 5) is 11.5. The predicted molar refractivity (Wildman–Crippen MR) is 66.1 cm³/mol. The maximum Gasteiger partial charge on any atom is 0.236 e. The number of nitrogens with zero attached hydrogens (tertiary/aromatic N) is 1. The van der Waals surface area contributed by atoms with Crippen molar-refractivity contribution in [2.45, 2.75) is 26.4 Å². The van der Waals surface area contributed by atoms with E-state index in [1.165, 1.54) is 0 Å². The average molecular weight is 231 g/mol. The first kappa shape index (κ1) is 13.2. The number of hydrogen-bond donors (Lipinski definition) is 2. The van der Waals surface area contributed by atoms with Gasteiger partial charge in [0.2, 0.25) is 5.91 Å². The molecular weight excluding hydrogens is 214 g/mol. The summed E-state index contributed by atoms with van der Waals surface area (Å²) in [7, 11) is 0. The smallest absolute Gasteiger partial charge is 0.236 e. The standard InChI is InChI=1S/C13H17N3O/c1-3-15-13(17)10(2)16-9-12-6-4-5-11(7-12)8-14/h4-7,10,16H,3,9H2,1-2H3,(H,15,17). The summed E-state index contributed by atoms with van der Waals surface area (Å²) in [5, 5.41) is 14.6. The number of benzene rings is 1. The highest BCUT2D eigenvalue weighted by atomic mass is 16.2. The molecule has 0 aromatic heterocycles. The lowest BCUT2D eigenvalue weighted by Crippen LogP contribution is -2.41. The number of amides is 1.